The van der Waals surface area contributed by atoms with Crippen LogP contribution in [-0.4, -0.2) is 60.6 Å². The third kappa shape index (κ3) is 4.85. The van der Waals surface area contributed by atoms with Gasteiger partial charge >= 0.3 is 0 Å². The lowest BCUT2D eigenvalue weighted by Gasteiger charge is -2.48. The van der Waals surface area contributed by atoms with E-state index in [4.69, 9.17) is 14.5 Å². The number of nitrogens with one attached hydrogen (secondary N) is 1. The topological polar surface area (TPSA) is 107 Å². The Kier molecular flexibility index (Phi) is 6.73. The molecule has 2 unspecified atom stereocenters. The molecule has 7 rings (SSSR count). The molecule has 2 bridgehead atoms. The number of carbonyl (C=O) groups excluding carboxylic acids is 1. The van der Waals surface area contributed by atoms with Crippen molar-refractivity contribution < 1.29 is 18.7 Å². The Morgan fingerprint density at radius 1 is 1.09 bits per heavy atom. The molecule has 0 saturated carbocycles. The summed E-state index contributed by atoms with van der Waals surface area (Å²) >= 11 is 0. The second-order valence-corrected chi connectivity index (χ2v) is 11.1. The second kappa shape index (κ2) is 10.7. The number of halogens is 1. The quantitative estimate of drug-likeness (QED) is 0.261. The summed E-state index contributed by atoms with van der Waals surface area (Å²) in [7, 11) is 1.93. The van der Waals surface area contributed by atoms with Crippen LogP contribution in [0.1, 0.15) is 30.0 Å². The van der Waals surface area contributed by atoms with E-state index in [0.29, 0.717) is 47.1 Å². The van der Waals surface area contributed by atoms with E-state index in [9.17, 15) is 4.79 Å². The van der Waals surface area contributed by atoms with Crippen LogP contribution in [0, 0.1) is 12.7 Å². The molecule has 11 heteroatoms. The molecule has 1 amide bonds. The van der Waals surface area contributed by atoms with E-state index >= 15 is 4.39 Å². The summed E-state index contributed by atoms with van der Waals surface area (Å²) in [6.07, 6.45) is 6.00. The Balaban J connectivity index is 1.15. The van der Waals surface area contributed by atoms with Crippen LogP contribution in [0.5, 0.6) is 11.5 Å². The van der Waals surface area contributed by atoms with Gasteiger partial charge in [-0.25, -0.2) is 24.3 Å². The summed E-state index contributed by atoms with van der Waals surface area (Å²) in [5, 5.41) is 3.13. The van der Waals surface area contributed by atoms with Crippen molar-refractivity contribution in [2.45, 2.75) is 37.8 Å². The highest BCUT2D eigenvalue weighted by atomic mass is 19.1. The molecule has 2 saturated heterocycles. The van der Waals surface area contributed by atoms with Gasteiger partial charge in [0.2, 0.25) is 5.91 Å². The van der Waals surface area contributed by atoms with E-state index in [2.05, 4.69) is 26.8 Å². The average Bonchev–Trinajstić information content (AvgIpc) is 3.39. The maximum absolute atomic E-state index is 15.7. The van der Waals surface area contributed by atoms with E-state index in [1.807, 2.05) is 46.8 Å². The maximum atomic E-state index is 15.7. The fourth-order valence-corrected chi connectivity index (χ4v) is 6.20. The van der Waals surface area contributed by atoms with Crippen molar-refractivity contribution >= 4 is 39.5 Å². The fourth-order valence-electron chi connectivity index (χ4n) is 6.20. The van der Waals surface area contributed by atoms with Gasteiger partial charge in [0.1, 0.15) is 23.3 Å². The summed E-state index contributed by atoms with van der Waals surface area (Å²) in [6.45, 7) is 6.32. The van der Waals surface area contributed by atoms with Gasteiger partial charge in [-0.05, 0) is 62.2 Å². The highest BCUT2D eigenvalue weighted by Crippen LogP contribution is 2.38. The number of carbonyl (C=O) groups is 1. The molecule has 2 aliphatic heterocycles. The van der Waals surface area contributed by atoms with Crippen LogP contribution in [0.3, 0.4) is 0 Å². The maximum Gasteiger partial charge on any atom is 0.246 e. The SMILES string of the molecule is C=CC(=O)N1C2COCC1CC(c1ccc3ncnc(Nc4ccc(Oc5ccc6c(c5)ncn6C)c(C)c4F)c3n1)C2. The fraction of sp³-hybridized carbons (Fsp3) is 0.281. The Morgan fingerprint density at radius 2 is 1.91 bits per heavy atom. The Morgan fingerprint density at radius 3 is 2.70 bits per heavy atom. The molecule has 218 valence electrons. The van der Waals surface area contributed by atoms with Crippen LogP contribution in [0.4, 0.5) is 15.9 Å². The summed E-state index contributed by atoms with van der Waals surface area (Å²) in [4.78, 5) is 32.5. The van der Waals surface area contributed by atoms with Crippen LogP contribution in [0.2, 0.25) is 0 Å². The van der Waals surface area contributed by atoms with E-state index in [1.165, 1.54) is 12.4 Å². The standard InChI is InChI=1S/C32H30FN7O3/c1-4-29(41)40-20-11-19(12-21(40)15-42-14-20)23-6-7-25-31(37-23)32(35-16-34-25)38-24-8-10-28(18(2)30(24)33)43-22-5-9-27-26(13-22)36-17-39(27)3/h4-10,13,16-17,19-21H,1,11-12,14-15H2,2-3H3,(H,34,35,38). The zero-order valence-electron chi connectivity index (χ0n) is 23.8. The largest absolute Gasteiger partial charge is 0.457 e. The molecule has 5 heterocycles. The first kappa shape index (κ1) is 27.0. The van der Waals surface area contributed by atoms with Crippen molar-refractivity contribution in [3.8, 4) is 11.5 Å². The number of fused-ring (bicyclic) bond motifs is 4. The lowest BCUT2D eigenvalue weighted by atomic mass is 9.82. The number of anilines is 2. The van der Waals surface area contributed by atoms with E-state index < -0.39 is 5.82 Å². The predicted molar refractivity (Wildman–Crippen MR) is 160 cm³/mol. The minimum absolute atomic E-state index is 0.0335. The molecule has 0 radical (unpaired) electrons. The van der Waals surface area contributed by atoms with Gasteiger partial charge in [-0.2, -0.15) is 0 Å². The van der Waals surface area contributed by atoms with Crippen LogP contribution in [-0.2, 0) is 16.6 Å². The van der Waals surface area contributed by atoms with Gasteiger partial charge in [0.25, 0.3) is 0 Å². The number of pyridine rings is 1. The monoisotopic (exact) mass is 579 g/mol. The highest BCUT2D eigenvalue weighted by Gasteiger charge is 2.41. The van der Waals surface area contributed by atoms with E-state index in [1.54, 1.807) is 25.4 Å². The molecule has 2 atom stereocenters. The molecule has 0 spiro atoms. The molecule has 2 fully saturated rings. The van der Waals surface area contributed by atoms with Crippen molar-refractivity contribution in [2.24, 2.45) is 7.05 Å². The van der Waals surface area contributed by atoms with Crippen molar-refractivity contribution in [3.63, 3.8) is 0 Å². The van der Waals surface area contributed by atoms with E-state index in [0.717, 1.165) is 29.6 Å². The minimum Gasteiger partial charge on any atom is -0.457 e. The third-order valence-electron chi connectivity index (χ3n) is 8.39. The van der Waals surface area contributed by atoms with Crippen molar-refractivity contribution in [2.75, 3.05) is 18.5 Å². The number of nitrogens with zero attached hydrogens (tertiary/aromatic N) is 6. The Hall–Kier alpha value is -4.90. The molecule has 1 N–H and O–H groups in total. The molecule has 0 aliphatic carbocycles. The average molecular weight is 580 g/mol. The number of aromatic nitrogens is 5. The Bertz CT molecular complexity index is 1880. The van der Waals surface area contributed by atoms with Crippen molar-refractivity contribution in [1.29, 1.82) is 0 Å². The number of benzene rings is 2. The highest BCUT2D eigenvalue weighted by molar-refractivity contribution is 5.88. The van der Waals surface area contributed by atoms with Gasteiger partial charge in [-0.15, -0.1) is 0 Å². The molecular weight excluding hydrogens is 549 g/mol. The van der Waals surface area contributed by atoms with Gasteiger partial charge in [0.05, 0.1) is 53.9 Å². The van der Waals surface area contributed by atoms with Gasteiger partial charge in [0, 0.05) is 30.3 Å². The minimum atomic E-state index is -0.452. The van der Waals surface area contributed by atoms with Crippen molar-refractivity contribution in [3.05, 3.63) is 84.8 Å². The first-order chi connectivity index (χ1) is 20.9. The summed E-state index contributed by atoms with van der Waals surface area (Å²) in [5.41, 5.74) is 4.46. The summed E-state index contributed by atoms with van der Waals surface area (Å²) in [5.74, 6) is 0.996. The number of imidazole rings is 1. The number of ether oxygens (including phenoxy) is 2. The first-order valence-corrected chi connectivity index (χ1v) is 14.2. The zero-order chi connectivity index (χ0) is 29.7. The van der Waals surface area contributed by atoms with Gasteiger partial charge in [0.15, 0.2) is 11.6 Å². The molecule has 10 nitrogen and oxygen atoms in total. The summed E-state index contributed by atoms with van der Waals surface area (Å²) in [6, 6.07) is 12.8. The number of piperidine rings is 1. The van der Waals surface area contributed by atoms with E-state index in [-0.39, 0.29) is 29.6 Å². The van der Waals surface area contributed by atoms with Gasteiger partial charge in [-0.1, -0.05) is 6.58 Å². The van der Waals surface area contributed by atoms with Crippen LogP contribution >= 0.6 is 0 Å². The molecule has 43 heavy (non-hydrogen) atoms. The normalized spacial score (nSPS) is 19.9. The molecule has 2 aromatic carbocycles. The predicted octanol–water partition coefficient (Wildman–Crippen LogP) is 5.55. The number of rotatable bonds is 6. The number of hydrogen-bond acceptors (Lipinski definition) is 8. The zero-order valence-corrected chi connectivity index (χ0v) is 23.8. The van der Waals surface area contributed by atoms with Crippen LogP contribution in [0.15, 0.2) is 67.8 Å². The molecule has 2 aliphatic rings. The number of aryl methyl sites for hydroxylation is 1. The third-order valence-corrected chi connectivity index (χ3v) is 8.39. The first-order valence-electron chi connectivity index (χ1n) is 14.2. The van der Waals surface area contributed by atoms with Crippen molar-refractivity contribution in [1.82, 2.24) is 29.4 Å². The lowest BCUT2D eigenvalue weighted by molar-refractivity contribution is -0.146. The van der Waals surface area contributed by atoms with Gasteiger partial charge < -0.3 is 24.3 Å². The summed E-state index contributed by atoms with van der Waals surface area (Å²) < 4.78 is 29.4. The number of hydrogen-bond donors (Lipinski definition) is 1. The number of morpholine rings is 1. The van der Waals surface area contributed by atoms with Gasteiger partial charge in [-0.3, -0.25) is 4.79 Å². The lowest BCUT2D eigenvalue weighted by Crippen LogP contribution is -2.58. The Labute approximate surface area is 247 Å². The second-order valence-electron chi connectivity index (χ2n) is 11.1. The molecular formula is C32H30FN7O3. The van der Waals surface area contributed by atoms with Crippen LogP contribution < -0.4 is 10.1 Å². The number of amides is 1. The smallest absolute Gasteiger partial charge is 0.246 e. The van der Waals surface area contributed by atoms with Crippen LogP contribution in [0.25, 0.3) is 22.1 Å². The molecule has 5 aromatic rings. The molecule has 3 aromatic heterocycles.